The van der Waals surface area contributed by atoms with Gasteiger partial charge in [0.1, 0.15) is 5.82 Å². The SMILES string of the molecule is CCN(Cc1nc2ccccc2c(=O)[nH]1)C(=O)C(C)C(C)N.Cl. The molecule has 126 valence electrons. The molecule has 6 nitrogen and oxygen atoms in total. The van der Waals surface area contributed by atoms with Crippen LogP contribution in [0.25, 0.3) is 10.9 Å². The van der Waals surface area contributed by atoms with E-state index in [0.29, 0.717) is 23.3 Å². The molecule has 2 rings (SSSR count). The van der Waals surface area contributed by atoms with Crippen LogP contribution >= 0.6 is 12.4 Å². The average Bonchev–Trinajstić information content (AvgIpc) is 2.51. The summed E-state index contributed by atoms with van der Waals surface area (Å²) in [4.78, 5) is 33.3. The Morgan fingerprint density at radius 3 is 2.61 bits per heavy atom. The Labute approximate surface area is 141 Å². The maximum Gasteiger partial charge on any atom is 0.258 e. The van der Waals surface area contributed by atoms with E-state index in [1.807, 2.05) is 26.8 Å². The Morgan fingerprint density at radius 2 is 2.00 bits per heavy atom. The highest BCUT2D eigenvalue weighted by Crippen LogP contribution is 2.10. The molecule has 1 amide bonds. The molecule has 7 heteroatoms. The van der Waals surface area contributed by atoms with Crippen LogP contribution in [0.15, 0.2) is 29.1 Å². The molecule has 1 aromatic heterocycles. The van der Waals surface area contributed by atoms with Crippen molar-refractivity contribution in [3.63, 3.8) is 0 Å². The van der Waals surface area contributed by atoms with Crippen LogP contribution in [0.3, 0.4) is 0 Å². The highest BCUT2D eigenvalue weighted by atomic mass is 35.5. The van der Waals surface area contributed by atoms with Crippen molar-refractivity contribution in [2.45, 2.75) is 33.4 Å². The third kappa shape index (κ3) is 4.30. The Hall–Kier alpha value is -1.92. The largest absolute Gasteiger partial charge is 0.335 e. The first-order chi connectivity index (χ1) is 10.4. The molecule has 2 aromatic rings. The number of carbonyl (C=O) groups is 1. The topological polar surface area (TPSA) is 92.1 Å². The minimum absolute atomic E-state index is 0. The maximum absolute atomic E-state index is 12.4. The number of nitrogens with zero attached hydrogens (tertiary/aromatic N) is 2. The number of H-pyrrole nitrogens is 1. The summed E-state index contributed by atoms with van der Waals surface area (Å²) in [5.74, 6) is 0.177. The average molecular weight is 339 g/mol. The Kier molecular flexibility index (Phi) is 6.72. The van der Waals surface area contributed by atoms with E-state index in [1.54, 1.807) is 23.1 Å². The summed E-state index contributed by atoms with van der Waals surface area (Å²) < 4.78 is 0. The van der Waals surface area contributed by atoms with Crippen molar-refractivity contribution in [1.82, 2.24) is 14.9 Å². The summed E-state index contributed by atoms with van der Waals surface area (Å²) in [6.45, 7) is 6.32. The highest BCUT2D eigenvalue weighted by molar-refractivity contribution is 5.85. The zero-order valence-corrected chi connectivity index (χ0v) is 14.4. The lowest BCUT2D eigenvalue weighted by Gasteiger charge is -2.25. The van der Waals surface area contributed by atoms with Gasteiger partial charge in [0, 0.05) is 12.6 Å². The molecule has 0 spiro atoms. The number of halogens is 1. The van der Waals surface area contributed by atoms with Crippen LogP contribution in [0.1, 0.15) is 26.6 Å². The van der Waals surface area contributed by atoms with Gasteiger partial charge in [0.15, 0.2) is 0 Å². The van der Waals surface area contributed by atoms with Gasteiger partial charge in [-0.05, 0) is 26.0 Å². The number of fused-ring (bicyclic) bond motifs is 1. The van der Waals surface area contributed by atoms with Gasteiger partial charge in [-0.15, -0.1) is 12.4 Å². The van der Waals surface area contributed by atoms with E-state index >= 15 is 0 Å². The van der Waals surface area contributed by atoms with E-state index in [4.69, 9.17) is 5.73 Å². The molecule has 0 aliphatic heterocycles. The van der Waals surface area contributed by atoms with Gasteiger partial charge >= 0.3 is 0 Å². The second-order valence-electron chi connectivity index (χ2n) is 5.53. The molecule has 0 bridgehead atoms. The third-order valence-corrected chi connectivity index (χ3v) is 3.87. The van der Waals surface area contributed by atoms with Crippen molar-refractivity contribution in [3.8, 4) is 0 Å². The van der Waals surface area contributed by atoms with Gasteiger partial charge in [0.05, 0.1) is 23.4 Å². The summed E-state index contributed by atoms with van der Waals surface area (Å²) in [7, 11) is 0. The fraction of sp³-hybridized carbons (Fsp3) is 0.438. The van der Waals surface area contributed by atoms with Gasteiger partial charge in [-0.25, -0.2) is 4.98 Å². The summed E-state index contributed by atoms with van der Waals surface area (Å²) >= 11 is 0. The minimum Gasteiger partial charge on any atom is -0.335 e. The maximum atomic E-state index is 12.4. The standard InChI is InChI=1S/C16H22N4O2.ClH/c1-4-20(16(22)10(2)11(3)17)9-14-18-13-8-6-5-7-12(13)15(21)19-14;/h5-8,10-11H,4,9,17H2,1-3H3,(H,18,19,21);1H. The lowest BCUT2D eigenvalue weighted by molar-refractivity contribution is -0.136. The molecule has 2 atom stereocenters. The van der Waals surface area contributed by atoms with Gasteiger partial charge in [0.2, 0.25) is 5.91 Å². The van der Waals surface area contributed by atoms with Crippen LogP contribution < -0.4 is 11.3 Å². The van der Waals surface area contributed by atoms with Crippen molar-refractivity contribution in [2.75, 3.05) is 6.54 Å². The second kappa shape index (κ2) is 8.08. The van der Waals surface area contributed by atoms with Crippen molar-refractivity contribution < 1.29 is 4.79 Å². The monoisotopic (exact) mass is 338 g/mol. The summed E-state index contributed by atoms with van der Waals surface area (Å²) in [6.07, 6.45) is 0. The molecule has 0 radical (unpaired) electrons. The van der Waals surface area contributed by atoms with E-state index in [1.165, 1.54) is 0 Å². The van der Waals surface area contributed by atoms with Crippen molar-refractivity contribution in [3.05, 3.63) is 40.4 Å². The number of carbonyl (C=O) groups excluding carboxylic acids is 1. The number of nitrogens with one attached hydrogen (secondary N) is 1. The van der Waals surface area contributed by atoms with Gasteiger partial charge < -0.3 is 15.6 Å². The number of aromatic nitrogens is 2. The number of nitrogens with two attached hydrogens (primary N) is 1. The van der Waals surface area contributed by atoms with Gasteiger partial charge in [-0.2, -0.15) is 0 Å². The molecular weight excluding hydrogens is 316 g/mol. The van der Waals surface area contributed by atoms with Crippen LogP contribution in [-0.2, 0) is 11.3 Å². The minimum atomic E-state index is -0.271. The molecule has 1 heterocycles. The number of aromatic amines is 1. The van der Waals surface area contributed by atoms with Crippen molar-refractivity contribution in [1.29, 1.82) is 0 Å². The van der Waals surface area contributed by atoms with Crippen LogP contribution in [0.4, 0.5) is 0 Å². The van der Waals surface area contributed by atoms with Gasteiger partial charge in [-0.1, -0.05) is 19.1 Å². The summed E-state index contributed by atoms with van der Waals surface area (Å²) in [6, 6.07) is 6.93. The molecule has 2 unspecified atom stereocenters. The van der Waals surface area contributed by atoms with E-state index in [2.05, 4.69) is 9.97 Å². The summed E-state index contributed by atoms with van der Waals surface area (Å²) in [5.41, 5.74) is 6.24. The zero-order valence-electron chi connectivity index (χ0n) is 13.6. The zero-order chi connectivity index (χ0) is 16.3. The predicted octanol–water partition coefficient (Wildman–Crippen LogP) is 1.68. The fourth-order valence-electron chi connectivity index (χ4n) is 2.25. The lowest BCUT2D eigenvalue weighted by Crippen LogP contribution is -2.41. The van der Waals surface area contributed by atoms with Gasteiger partial charge in [-0.3, -0.25) is 9.59 Å². The second-order valence-corrected chi connectivity index (χ2v) is 5.53. The number of rotatable bonds is 5. The first-order valence-corrected chi connectivity index (χ1v) is 7.46. The smallest absolute Gasteiger partial charge is 0.258 e. The molecule has 1 aromatic carbocycles. The Morgan fingerprint density at radius 1 is 1.35 bits per heavy atom. The van der Waals surface area contributed by atoms with Crippen LogP contribution in [0.5, 0.6) is 0 Å². The number of para-hydroxylation sites is 1. The molecule has 0 fully saturated rings. The Balaban J connectivity index is 0.00000264. The number of hydrogen-bond donors (Lipinski definition) is 2. The lowest BCUT2D eigenvalue weighted by atomic mass is 10.0. The normalized spacial score (nSPS) is 13.2. The van der Waals surface area contributed by atoms with Crippen LogP contribution in [0.2, 0.25) is 0 Å². The molecule has 0 saturated carbocycles. The van der Waals surface area contributed by atoms with Gasteiger partial charge in [0.25, 0.3) is 5.56 Å². The molecule has 0 aliphatic rings. The summed E-state index contributed by atoms with van der Waals surface area (Å²) in [5, 5.41) is 0.546. The molecular formula is C16H23ClN4O2. The predicted molar refractivity (Wildman–Crippen MR) is 93.5 cm³/mol. The van der Waals surface area contributed by atoms with Crippen LogP contribution in [-0.4, -0.2) is 33.4 Å². The van der Waals surface area contributed by atoms with E-state index in [9.17, 15) is 9.59 Å². The molecule has 23 heavy (non-hydrogen) atoms. The third-order valence-electron chi connectivity index (χ3n) is 3.87. The van der Waals surface area contributed by atoms with E-state index < -0.39 is 0 Å². The molecule has 0 aliphatic carbocycles. The number of hydrogen-bond acceptors (Lipinski definition) is 4. The van der Waals surface area contributed by atoms with Crippen molar-refractivity contribution in [2.24, 2.45) is 11.7 Å². The van der Waals surface area contributed by atoms with Crippen molar-refractivity contribution >= 4 is 29.2 Å². The fourth-order valence-corrected chi connectivity index (χ4v) is 2.25. The van der Waals surface area contributed by atoms with E-state index in [-0.39, 0.29) is 42.4 Å². The van der Waals surface area contributed by atoms with Crippen LogP contribution in [0, 0.1) is 5.92 Å². The van der Waals surface area contributed by atoms with E-state index in [0.717, 1.165) is 0 Å². The number of amides is 1. The first-order valence-electron chi connectivity index (χ1n) is 7.46. The molecule has 3 N–H and O–H groups in total. The Bertz CT molecular complexity index is 729. The molecule has 0 saturated heterocycles. The number of benzene rings is 1. The highest BCUT2D eigenvalue weighted by Gasteiger charge is 2.23. The first kappa shape index (κ1) is 19.1. The quantitative estimate of drug-likeness (QED) is 0.867.